The number of rotatable bonds is 6. The predicted molar refractivity (Wildman–Crippen MR) is 110 cm³/mol. The maximum atomic E-state index is 12.5. The summed E-state index contributed by atoms with van der Waals surface area (Å²) in [4.78, 5) is 12.5. The van der Waals surface area contributed by atoms with Gasteiger partial charge in [0.2, 0.25) is 0 Å². The van der Waals surface area contributed by atoms with E-state index in [4.69, 9.17) is 27.9 Å². The lowest BCUT2D eigenvalue weighted by atomic mass is 9.98. The van der Waals surface area contributed by atoms with Gasteiger partial charge in [0.15, 0.2) is 6.61 Å². The monoisotopic (exact) mass is 399 g/mol. The Labute approximate surface area is 168 Å². The van der Waals surface area contributed by atoms with E-state index in [-0.39, 0.29) is 18.6 Å². The highest BCUT2D eigenvalue weighted by Crippen LogP contribution is 2.27. The lowest BCUT2D eigenvalue weighted by Gasteiger charge is -2.20. The molecule has 1 unspecified atom stereocenters. The van der Waals surface area contributed by atoms with Crippen molar-refractivity contribution in [1.82, 2.24) is 5.32 Å². The lowest BCUT2D eigenvalue weighted by Crippen LogP contribution is -2.33. The third kappa shape index (κ3) is 5.25. The number of carbonyl (C=O) groups is 1. The molecule has 0 aliphatic heterocycles. The summed E-state index contributed by atoms with van der Waals surface area (Å²) in [5.74, 6) is 0.179. The van der Waals surface area contributed by atoms with Crippen LogP contribution in [0.3, 0.4) is 0 Å². The molecule has 0 saturated heterocycles. The number of ether oxygens (including phenoxy) is 1. The summed E-state index contributed by atoms with van der Waals surface area (Å²) in [5, 5.41) is 3.92. The Morgan fingerprint density at radius 2 is 1.63 bits per heavy atom. The van der Waals surface area contributed by atoms with E-state index >= 15 is 0 Å². The van der Waals surface area contributed by atoms with Gasteiger partial charge in [-0.2, -0.15) is 0 Å². The molecule has 0 spiro atoms. The molecule has 1 atom stereocenters. The van der Waals surface area contributed by atoms with Crippen LogP contribution in [0.2, 0.25) is 10.0 Å². The third-order valence-corrected chi connectivity index (χ3v) is 4.63. The van der Waals surface area contributed by atoms with E-state index in [2.05, 4.69) is 5.32 Å². The van der Waals surface area contributed by atoms with Crippen molar-refractivity contribution in [2.24, 2.45) is 0 Å². The van der Waals surface area contributed by atoms with E-state index in [1.807, 2.05) is 61.5 Å². The Morgan fingerprint density at radius 3 is 2.30 bits per heavy atom. The standard InChI is InChI=1S/C22H19Cl2NO2/c1-15-7-9-17(10-8-15)22(16-5-3-2-4-6-16)25-21(26)14-27-20-12-11-18(23)13-19(20)24/h2-13,22H,14H2,1H3,(H,25,26). The molecule has 0 bridgehead atoms. The minimum absolute atomic E-state index is 0.142. The Hall–Kier alpha value is -2.49. The van der Waals surface area contributed by atoms with Crippen molar-refractivity contribution in [2.45, 2.75) is 13.0 Å². The number of carbonyl (C=O) groups excluding carboxylic acids is 1. The second-order valence-electron chi connectivity index (χ2n) is 6.19. The van der Waals surface area contributed by atoms with Crippen LogP contribution in [-0.2, 0) is 4.79 Å². The Balaban J connectivity index is 1.73. The molecule has 3 aromatic rings. The van der Waals surface area contributed by atoms with Crippen LogP contribution >= 0.6 is 23.2 Å². The first-order valence-electron chi connectivity index (χ1n) is 8.51. The highest BCUT2D eigenvalue weighted by Gasteiger charge is 2.17. The van der Waals surface area contributed by atoms with Crippen LogP contribution in [0.5, 0.6) is 5.75 Å². The number of aryl methyl sites for hydroxylation is 1. The topological polar surface area (TPSA) is 38.3 Å². The van der Waals surface area contributed by atoms with E-state index in [1.165, 1.54) is 0 Å². The molecular formula is C22H19Cl2NO2. The van der Waals surface area contributed by atoms with Crippen LogP contribution in [-0.4, -0.2) is 12.5 Å². The molecule has 0 aromatic heterocycles. The van der Waals surface area contributed by atoms with Gasteiger partial charge in [-0.25, -0.2) is 0 Å². The first kappa shape index (κ1) is 19.3. The summed E-state index contributed by atoms with van der Waals surface area (Å²) in [7, 11) is 0. The number of nitrogens with one attached hydrogen (secondary N) is 1. The molecule has 3 nitrogen and oxygen atoms in total. The second-order valence-corrected chi connectivity index (χ2v) is 7.03. The van der Waals surface area contributed by atoms with Gasteiger partial charge >= 0.3 is 0 Å². The van der Waals surface area contributed by atoms with E-state index in [0.29, 0.717) is 15.8 Å². The fourth-order valence-electron chi connectivity index (χ4n) is 2.70. The lowest BCUT2D eigenvalue weighted by molar-refractivity contribution is -0.123. The first-order chi connectivity index (χ1) is 13.0. The van der Waals surface area contributed by atoms with Crippen molar-refractivity contribution < 1.29 is 9.53 Å². The van der Waals surface area contributed by atoms with Gasteiger partial charge in [-0.3, -0.25) is 4.79 Å². The molecule has 138 valence electrons. The molecular weight excluding hydrogens is 381 g/mol. The fraction of sp³-hybridized carbons (Fsp3) is 0.136. The molecule has 27 heavy (non-hydrogen) atoms. The van der Waals surface area contributed by atoms with Crippen LogP contribution < -0.4 is 10.1 Å². The van der Waals surface area contributed by atoms with Gasteiger partial charge in [0.05, 0.1) is 11.1 Å². The average molecular weight is 400 g/mol. The van der Waals surface area contributed by atoms with E-state index < -0.39 is 0 Å². The van der Waals surface area contributed by atoms with Gasteiger partial charge in [0, 0.05) is 5.02 Å². The number of benzene rings is 3. The summed E-state index contributed by atoms with van der Waals surface area (Å²) in [6, 6.07) is 22.5. The molecule has 0 aliphatic rings. The fourth-order valence-corrected chi connectivity index (χ4v) is 3.16. The zero-order chi connectivity index (χ0) is 19.2. The molecule has 1 amide bonds. The normalized spacial score (nSPS) is 11.7. The van der Waals surface area contributed by atoms with Crippen LogP contribution in [0.15, 0.2) is 72.8 Å². The maximum Gasteiger partial charge on any atom is 0.258 e. The largest absolute Gasteiger partial charge is 0.482 e. The molecule has 0 radical (unpaired) electrons. The van der Waals surface area contributed by atoms with Gasteiger partial charge in [-0.05, 0) is 36.2 Å². The Morgan fingerprint density at radius 1 is 0.963 bits per heavy atom. The summed E-state index contributed by atoms with van der Waals surface area (Å²) in [5.41, 5.74) is 3.17. The zero-order valence-electron chi connectivity index (χ0n) is 14.8. The molecule has 0 heterocycles. The Kier molecular flexibility index (Phi) is 6.38. The van der Waals surface area contributed by atoms with Crippen molar-refractivity contribution in [3.05, 3.63) is 99.5 Å². The van der Waals surface area contributed by atoms with Gasteiger partial charge in [0.25, 0.3) is 5.91 Å². The van der Waals surface area contributed by atoms with Crippen molar-refractivity contribution in [3.63, 3.8) is 0 Å². The summed E-state index contributed by atoms with van der Waals surface area (Å²) >= 11 is 12.0. The molecule has 0 fully saturated rings. The molecule has 5 heteroatoms. The number of hydrogen-bond donors (Lipinski definition) is 1. The zero-order valence-corrected chi connectivity index (χ0v) is 16.3. The number of hydrogen-bond acceptors (Lipinski definition) is 2. The SMILES string of the molecule is Cc1ccc(C(NC(=O)COc2ccc(Cl)cc2Cl)c2ccccc2)cc1. The summed E-state index contributed by atoms with van der Waals surface area (Å²) < 4.78 is 5.54. The van der Waals surface area contributed by atoms with Gasteiger partial charge in [0.1, 0.15) is 5.75 Å². The predicted octanol–water partition coefficient (Wildman–Crippen LogP) is 5.59. The highest BCUT2D eigenvalue weighted by atomic mass is 35.5. The first-order valence-corrected chi connectivity index (χ1v) is 9.27. The molecule has 0 saturated carbocycles. The Bertz CT molecular complexity index is 911. The van der Waals surface area contributed by atoms with E-state index in [1.54, 1.807) is 18.2 Å². The smallest absolute Gasteiger partial charge is 0.258 e. The second kappa shape index (κ2) is 8.94. The van der Waals surface area contributed by atoms with Crippen LogP contribution in [0.25, 0.3) is 0 Å². The van der Waals surface area contributed by atoms with Gasteiger partial charge < -0.3 is 10.1 Å². The van der Waals surface area contributed by atoms with Crippen LogP contribution in [0.1, 0.15) is 22.7 Å². The molecule has 3 aromatic carbocycles. The van der Waals surface area contributed by atoms with Gasteiger partial charge in [-0.1, -0.05) is 83.4 Å². The van der Waals surface area contributed by atoms with Gasteiger partial charge in [-0.15, -0.1) is 0 Å². The maximum absolute atomic E-state index is 12.5. The highest BCUT2D eigenvalue weighted by molar-refractivity contribution is 6.35. The number of amides is 1. The summed E-state index contributed by atoms with van der Waals surface area (Å²) in [6.45, 7) is 1.89. The minimum Gasteiger partial charge on any atom is -0.482 e. The molecule has 1 N–H and O–H groups in total. The van der Waals surface area contributed by atoms with Crippen molar-refractivity contribution >= 4 is 29.1 Å². The number of halogens is 2. The van der Waals surface area contributed by atoms with Crippen LogP contribution in [0.4, 0.5) is 0 Å². The molecule has 3 rings (SSSR count). The minimum atomic E-state index is -0.261. The van der Waals surface area contributed by atoms with Crippen LogP contribution in [0, 0.1) is 6.92 Å². The quantitative estimate of drug-likeness (QED) is 0.586. The third-order valence-electron chi connectivity index (χ3n) is 4.10. The van der Waals surface area contributed by atoms with E-state index in [0.717, 1.165) is 16.7 Å². The van der Waals surface area contributed by atoms with Crippen molar-refractivity contribution in [2.75, 3.05) is 6.61 Å². The van der Waals surface area contributed by atoms with Crippen molar-refractivity contribution in [3.8, 4) is 5.75 Å². The van der Waals surface area contributed by atoms with E-state index in [9.17, 15) is 4.79 Å². The molecule has 0 aliphatic carbocycles. The summed E-state index contributed by atoms with van der Waals surface area (Å²) in [6.07, 6.45) is 0. The average Bonchev–Trinajstić information content (AvgIpc) is 2.67. The van der Waals surface area contributed by atoms with Crippen molar-refractivity contribution in [1.29, 1.82) is 0 Å².